The molecular formula is C117H63N15OS. The number of rotatable bonds is 5. The quantitative estimate of drug-likeness (QED) is 0.162. The molecule has 0 bridgehead atoms. The fourth-order valence-corrected chi connectivity index (χ4v) is 23.6. The molecule has 0 radical (unpaired) electrons. The van der Waals surface area contributed by atoms with Crippen LogP contribution < -0.4 is 0 Å². The maximum Gasteiger partial charge on any atom is 0.238 e. The molecule has 33 rings (SSSR count). The van der Waals surface area contributed by atoms with E-state index in [-0.39, 0.29) is 0 Å². The molecule has 18 aromatic carbocycles. The second-order valence-electron chi connectivity index (χ2n) is 35.0. The Labute approximate surface area is 760 Å². The molecule has 0 saturated heterocycles. The van der Waals surface area contributed by atoms with E-state index in [1.54, 1.807) is 0 Å². The number of aromatic nitrogens is 15. The van der Waals surface area contributed by atoms with E-state index in [1.165, 1.54) is 118 Å². The number of hydrogen-bond donors (Lipinski definition) is 0. The summed E-state index contributed by atoms with van der Waals surface area (Å²) in [7, 11) is 0. The number of thiophene rings is 1. The van der Waals surface area contributed by atoms with Crippen LogP contribution in [0.2, 0.25) is 0 Å². The summed E-state index contributed by atoms with van der Waals surface area (Å²) >= 11 is 1.87. The van der Waals surface area contributed by atoms with Crippen molar-refractivity contribution in [2.45, 2.75) is 0 Å². The van der Waals surface area contributed by atoms with Crippen LogP contribution in [0.15, 0.2) is 387 Å². The van der Waals surface area contributed by atoms with E-state index < -0.39 is 0 Å². The van der Waals surface area contributed by atoms with E-state index in [4.69, 9.17) is 49.3 Å². The molecule has 0 aliphatic heterocycles. The predicted octanol–water partition coefficient (Wildman–Crippen LogP) is 29.4. The third kappa shape index (κ3) is 9.78. The normalized spacial score (nSPS) is 12.5. The molecule has 134 heavy (non-hydrogen) atoms. The standard InChI is InChI=1S/C41H23N7.C38H20N4O.C38H20N4S/c1-3-12-24(13-4-1)38-44-39(25-14-5-2-6-15-25)46-41(45-38)47-31-21-10-7-16-26(31)34-32(47)22-23-33-35(34)27-17-11-18-28-36-40(48(33)37(27)28)43-30-20-9-8-19-29(30)42-36;2*1-5-14-29-24(9-1)34-30(41(29)21-16-17-23-22-8-2-6-15-32(22)43-33(23)20-21)18-19-31-35(34)25-10-7-11-26-36-38(42(31)37(25)26)40-28-13-4-3-12-27(28)39-36/h1-23H;2*1-20H. The Morgan fingerprint density at radius 3 is 0.993 bits per heavy atom. The Bertz CT molecular complexity index is 10500. The average molecular weight is 1730 g/mol. The van der Waals surface area contributed by atoms with Gasteiger partial charge in [0.15, 0.2) is 28.6 Å². The van der Waals surface area contributed by atoms with E-state index in [0.29, 0.717) is 17.6 Å². The summed E-state index contributed by atoms with van der Waals surface area (Å²) in [6.45, 7) is 0. The summed E-state index contributed by atoms with van der Waals surface area (Å²) in [6.07, 6.45) is 0. The average Bonchev–Trinajstić information content (AvgIpc) is 1.53. The molecule has 17 heteroatoms. The highest BCUT2D eigenvalue weighted by molar-refractivity contribution is 7.25. The largest absolute Gasteiger partial charge is 0.456 e. The van der Waals surface area contributed by atoms with Gasteiger partial charge in [-0.25, -0.2) is 34.9 Å². The molecule has 15 aromatic heterocycles. The maximum absolute atomic E-state index is 6.30. The van der Waals surface area contributed by atoms with Crippen LogP contribution in [0.1, 0.15) is 0 Å². The van der Waals surface area contributed by atoms with E-state index >= 15 is 0 Å². The van der Waals surface area contributed by atoms with Crippen molar-refractivity contribution < 1.29 is 4.42 Å². The Morgan fingerprint density at radius 1 is 0.201 bits per heavy atom. The smallest absolute Gasteiger partial charge is 0.238 e. The summed E-state index contributed by atoms with van der Waals surface area (Å²) in [4.78, 5) is 45.9. The number of benzene rings is 18. The topological polar surface area (TPSA) is 157 Å². The Kier molecular flexibility index (Phi) is 14.3. The molecule has 0 fully saturated rings. The number of hydrogen-bond acceptors (Lipinski definition) is 11. The van der Waals surface area contributed by atoms with Crippen LogP contribution in [0, 0.1) is 0 Å². The van der Waals surface area contributed by atoms with E-state index in [1.807, 2.05) is 157 Å². The highest BCUT2D eigenvalue weighted by atomic mass is 32.1. The zero-order valence-corrected chi connectivity index (χ0v) is 71.7. The van der Waals surface area contributed by atoms with Gasteiger partial charge in [0.1, 0.15) is 27.7 Å². The maximum atomic E-state index is 6.30. The van der Waals surface area contributed by atoms with Crippen LogP contribution in [0.4, 0.5) is 0 Å². The molecule has 0 aliphatic rings. The van der Waals surface area contributed by atoms with Gasteiger partial charge in [-0.1, -0.05) is 249 Å². The van der Waals surface area contributed by atoms with Crippen molar-refractivity contribution in [2.24, 2.45) is 0 Å². The number of nitrogens with zero attached hydrogens (tertiary/aromatic N) is 15. The minimum atomic E-state index is 0.576. The SMILES string of the molecule is c1ccc(-c2nc(-c3ccccc3)nc(-n3c4ccccc4c4c5c6cccc7c8nc9ccccc9nc8n(c5ccc43)c76)n2)cc1.c1ccc2nc3c(nc2c1)c1cccc2c4c5c6ccccc6n(-c6ccc7c(c6)oc6ccccc67)c5ccc4n3c12.c1ccc2nc3c(nc2c1)c1cccc2c4c5c6ccccc6n(-c6ccc7c(c6)sc6ccccc67)c5ccc4n3c12. The van der Waals surface area contributed by atoms with Gasteiger partial charge in [-0.2, -0.15) is 9.97 Å². The molecule has 0 atom stereocenters. The van der Waals surface area contributed by atoms with E-state index in [9.17, 15) is 0 Å². The van der Waals surface area contributed by atoms with Gasteiger partial charge < -0.3 is 13.6 Å². The Balaban J connectivity index is 0.0000000943. The van der Waals surface area contributed by atoms with Crippen molar-refractivity contribution in [3.05, 3.63) is 382 Å². The second-order valence-corrected chi connectivity index (χ2v) is 36.0. The Hall–Kier alpha value is -18.2. The van der Waals surface area contributed by atoms with Crippen molar-refractivity contribution in [3.63, 3.8) is 0 Å². The van der Waals surface area contributed by atoms with Gasteiger partial charge in [0.05, 0.1) is 99.3 Å². The predicted molar refractivity (Wildman–Crippen MR) is 550 cm³/mol. The van der Waals surface area contributed by atoms with Gasteiger partial charge in [-0.3, -0.25) is 17.8 Å². The molecule has 0 aliphatic carbocycles. The van der Waals surface area contributed by atoms with Crippen LogP contribution in [0.5, 0.6) is 0 Å². The lowest BCUT2D eigenvalue weighted by Crippen LogP contribution is -2.06. The highest BCUT2D eigenvalue weighted by Gasteiger charge is 2.30. The lowest BCUT2D eigenvalue weighted by Gasteiger charge is -2.11. The molecule has 16 nitrogen and oxygen atoms in total. The minimum Gasteiger partial charge on any atom is -0.456 e. The zero-order valence-electron chi connectivity index (χ0n) is 70.9. The molecule has 0 spiro atoms. The molecule has 0 unspecified atom stereocenters. The summed E-state index contributed by atoms with van der Waals surface area (Å²) in [5.41, 5.74) is 30.6. The first-order chi connectivity index (χ1) is 66.5. The molecule has 0 N–H and O–H groups in total. The monoisotopic (exact) mass is 1730 g/mol. The summed E-state index contributed by atoms with van der Waals surface area (Å²) in [5, 5.41) is 22.9. The van der Waals surface area contributed by atoms with Crippen LogP contribution >= 0.6 is 11.3 Å². The lowest BCUT2D eigenvalue weighted by molar-refractivity contribution is 0.668. The van der Waals surface area contributed by atoms with Gasteiger partial charge in [0.2, 0.25) is 5.95 Å². The number of para-hydroxylation sites is 13. The fraction of sp³-hybridized carbons (Fsp3) is 0. The number of furan rings is 1. The summed E-state index contributed by atoms with van der Waals surface area (Å²) < 4.78 is 22.9. The van der Waals surface area contributed by atoms with Crippen LogP contribution in [-0.2, 0) is 0 Å². The zero-order chi connectivity index (χ0) is 87.0. The van der Waals surface area contributed by atoms with Crippen LogP contribution in [0.3, 0.4) is 0 Å². The van der Waals surface area contributed by atoms with Crippen LogP contribution in [-0.4, -0.2) is 71.8 Å². The highest BCUT2D eigenvalue weighted by Crippen LogP contribution is 2.51. The third-order valence-electron chi connectivity index (χ3n) is 27.9. The van der Waals surface area contributed by atoms with Gasteiger partial charge in [-0.15, -0.1) is 11.3 Å². The van der Waals surface area contributed by atoms with Gasteiger partial charge in [-0.05, 0) is 127 Å². The summed E-state index contributed by atoms with van der Waals surface area (Å²) in [5.74, 6) is 1.83. The van der Waals surface area contributed by atoms with Crippen molar-refractivity contribution in [1.82, 2.24) is 71.8 Å². The van der Waals surface area contributed by atoms with Crippen molar-refractivity contribution in [1.29, 1.82) is 0 Å². The van der Waals surface area contributed by atoms with Gasteiger partial charge in [0.25, 0.3) is 0 Å². The van der Waals surface area contributed by atoms with Crippen molar-refractivity contribution >= 4 is 267 Å². The first-order valence-electron chi connectivity index (χ1n) is 45.0. The van der Waals surface area contributed by atoms with Crippen molar-refractivity contribution in [3.8, 4) is 40.1 Å². The summed E-state index contributed by atoms with van der Waals surface area (Å²) in [6, 6.07) is 134. The van der Waals surface area contributed by atoms with Gasteiger partial charge >= 0.3 is 0 Å². The molecule has 0 saturated carbocycles. The number of fused-ring (bicyclic) bond motifs is 39. The molecule has 618 valence electrons. The molecule has 0 amide bonds. The first-order valence-corrected chi connectivity index (χ1v) is 45.8. The van der Waals surface area contributed by atoms with Gasteiger partial charge in [0, 0.05) is 140 Å². The van der Waals surface area contributed by atoms with Crippen LogP contribution in [0.25, 0.3) is 296 Å². The third-order valence-corrected chi connectivity index (χ3v) is 29.1. The Morgan fingerprint density at radius 2 is 0.530 bits per heavy atom. The first kappa shape index (κ1) is 71.8. The minimum absolute atomic E-state index is 0.576. The van der Waals surface area contributed by atoms with Crippen molar-refractivity contribution in [2.75, 3.05) is 0 Å². The molecule has 33 aromatic rings. The fourth-order valence-electron chi connectivity index (χ4n) is 22.4. The van der Waals surface area contributed by atoms with E-state index in [2.05, 4.69) is 263 Å². The lowest BCUT2D eigenvalue weighted by atomic mass is 10.0. The van der Waals surface area contributed by atoms with E-state index in [0.717, 1.165) is 160 Å². The second kappa shape index (κ2) is 26.7. The molecule has 15 heterocycles. The molecular weight excluding hydrogens is 1660 g/mol.